The minimum atomic E-state index is -0.898. The van der Waals surface area contributed by atoms with E-state index in [9.17, 15) is 8.78 Å². The molecule has 0 spiro atoms. The summed E-state index contributed by atoms with van der Waals surface area (Å²) in [4.78, 5) is 0. The van der Waals surface area contributed by atoms with Crippen molar-refractivity contribution in [1.29, 1.82) is 0 Å². The average molecular weight is 455 g/mol. The first kappa shape index (κ1) is 24.2. The SMILES string of the molecule is CCCCCC1CCC2C(CCc3ccc(-c4ccc(OCCC)c(F)c4F)cc3)CCC12. The van der Waals surface area contributed by atoms with Crippen molar-refractivity contribution in [2.45, 2.75) is 84.5 Å². The third-order valence-corrected chi connectivity index (χ3v) is 8.26. The smallest absolute Gasteiger partial charge is 0.201 e. The van der Waals surface area contributed by atoms with E-state index in [4.69, 9.17) is 4.74 Å². The predicted octanol–water partition coefficient (Wildman–Crippen LogP) is 8.99. The highest BCUT2D eigenvalue weighted by Gasteiger charge is 2.43. The normalized spacial score (nSPS) is 24.2. The van der Waals surface area contributed by atoms with Crippen LogP contribution in [0.5, 0.6) is 5.75 Å². The van der Waals surface area contributed by atoms with Crippen molar-refractivity contribution in [3.63, 3.8) is 0 Å². The van der Waals surface area contributed by atoms with Gasteiger partial charge in [0.15, 0.2) is 11.6 Å². The summed E-state index contributed by atoms with van der Waals surface area (Å²) >= 11 is 0. The first-order valence-corrected chi connectivity index (χ1v) is 13.3. The Bertz CT molecular complexity index is 891. The van der Waals surface area contributed by atoms with Gasteiger partial charge < -0.3 is 4.74 Å². The summed E-state index contributed by atoms with van der Waals surface area (Å²) < 4.78 is 34.3. The van der Waals surface area contributed by atoms with Crippen LogP contribution >= 0.6 is 0 Å². The van der Waals surface area contributed by atoms with Gasteiger partial charge in [-0.25, -0.2) is 4.39 Å². The third kappa shape index (κ3) is 5.61. The van der Waals surface area contributed by atoms with Gasteiger partial charge >= 0.3 is 0 Å². The molecule has 1 nitrogen and oxygen atoms in total. The summed E-state index contributed by atoms with van der Waals surface area (Å²) in [5.74, 6) is 2.04. The van der Waals surface area contributed by atoms with Crippen molar-refractivity contribution in [2.24, 2.45) is 23.7 Å². The van der Waals surface area contributed by atoms with Crippen LogP contribution in [0, 0.1) is 35.3 Å². The van der Waals surface area contributed by atoms with E-state index < -0.39 is 11.6 Å². The van der Waals surface area contributed by atoms with Crippen LogP contribution in [-0.4, -0.2) is 6.61 Å². The average Bonchev–Trinajstić information content (AvgIpc) is 3.42. The van der Waals surface area contributed by atoms with E-state index in [0.717, 1.165) is 36.5 Å². The molecule has 4 rings (SSSR count). The van der Waals surface area contributed by atoms with Gasteiger partial charge in [0.2, 0.25) is 5.82 Å². The van der Waals surface area contributed by atoms with E-state index in [1.807, 2.05) is 19.1 Å². The maximum atomic E-state index is 14.6. The number of hydrogen-bond acceptors (Lipinski definition) is 1. The van der Waals surface area contributed by atoms with Gasteiger partial charge in [-0.3, -0.25) is 0 Å². The van der Waals surface area contributed by atoms with Crippen molar-refractivity contribution in [1.82, 2.24) is 0 Å². The van der Waals surface area contributed by atoms with Crippen molar-refractivity contribution < 1.29 is 13.5 Å². The zero-order valence-electron chi connectivity index (χ0n) is 20.4. The highest BCUT2D eigenvalue weighted by Crippen LogP contribution is 2.53. The molecule has 2 aliphatic rings. The minimum absolute atomic E-state index is 0.0101. The zero-order valence-corrected chi connectivity index (χ0v) is 20.4. The van der Waals surface area contributed by atoms with E-state index in [-0.39, 0.29) is 5.75 Å². The summed E-state index contributed by atoms with van der Waals surface area (Å²) in [5.41, 5.74) is 2.30. The van der Waals surface area contributed by atoms with Gasteiger partial charge in [-0.1, -0.05) is 63.8 Å². The van der Waals surface area contributed by atoms with Crippen LogP contribution in [0.2, 0.25) is 0 Å². The molecule has 0 heterocycles. The Balaban J connectivity index is 1.32. The fourth-order valence-electron chi connectivity index (χ4n) is 6.49. The second-order valence-corrected chi connectivity index (χ2v) is 10.3. The molecule has 0 saturated heterocycles. The van der Waals surface area contributed by atoms with Gasteiger partial charge in [0.25, 0.3) is 0 Å². The number of unbranched alkanes of at least 4 members (excludes halogenated alkanes) is 2. The molecule has 0 radical (unpaired) electrons. The molecule has 4 unspecified atom stereocenters. The summed E-state index contributed by atoms with van der Waals surface area (Å²) in [6.07, 6.45) is 14.4. The van der Waals surface area contributed by atoms with E-state index >= 15 is 0 Å². The molecule has 2 aromatic rings. The van der Waals surface area contributed by atoms with Crippen LogP contribution in [0.3, 0.4) is 0 Å². The van der Waals surface area contributed by atoms with Crippen molar-refractivity contribution in [3.05, 3.63) is 53.6 Å². The van der Waals surface area contributed by atoms with Crippen LogP contribution in [-0.2, 0) is 6.42 Å². The van der Waals surface area contributed by atoms with Gasteiger partial charge in [-0.2, -0.15) is 4.39 Å². The Kier molecular flexibility index (Phi) is 8.44. The second kappa shape index (κ2) is 11.5. The van der Waals surface area contributed by atoms with E-state index in [2.05, 4.69) is 19.1 Å². The molecule has 0 amide bonds. The van der Waals surface area contributed by atoms with Crippen molar-refractivity contribution >= 4 is 0 Å². The molecular formula is C30H40F2O. The Morgan fingerprint density at radius 1 is 0.758 bits per heavy atom. The summed E-state index contributed by atoms with van der Waals surface area (Å²) in [5, 5.41) is 0. The Labute approximate surface area is 198 Å². The Morgan fingerprint density at radius 2 is 1.45 bits per heavy atom. The fourth-order valence-corrected chi connectivity index (χ4v) is 6.49. The largest absolute Gasteiger partial charge is 0.490 e. The van der Waals surface area contributed by atoms with Gasteiger partial charge in [0.1, 0.15) is 0 Å². The molecule has 3 heteroatoms. The maximum Gasteiger partial charge on any atom is 0.201 e. The van der Waals surface area contributed by atoms with Crippen molar-refractivity contribution in [2.75, 3.05) is 6.61 Å². The number of halogens is 2. The van der Waals surface area contributed by atoms with E-state index in [0.29, 0.717) is 17.7 Å². The summed E-state index contributed by atoms with van der Waals surface area (Å²) in [7, 11) is 0. The summed E-state index contributed by atoms with van der Waals surface area (Å²) in [6, 6.07) is 11.2. The topological polar surface area (TPSA) is 9.23 Å². The lowest BCUT2D eigenvalue weighted by molar-refractivity contribution is 0.291. The standard InChI is InChI=1S/C30H40F2O/c1-3-5-6-7-22-14-16-26-23(15-17-25(22)26)11-8-21-9-12-24(13-10-21)27-18-19-28(33-20-4-2)30(32)29(27)31/h9-10,12-13,18-19,22-23,25-26H,3-8,11,14-17,20H2,1-2H3. The number of benzene rings is 2. The highest BCUT2D eigenvalue weighted by molar-refractivity contribution is 5.65. The molecule has 0 aliphatic heterocycles. The first-order chi connectivity index (χ1) is 16.1. The van der Waals surface area contributed by atoms with Crippen LogP contribution < -0.4 is 4.74 Å². The minimum Gasteiger partial charge on any atom is -0.490 e. The van der Waals surface area contributed by atoms with Gasteiger partial charge in [0.05, 0.1) is 6.61 Å². The number of ether oxygens (including phenoxy) is 1. The van der Waals surface area contributed by atoms with Crippen LogP contribution in [0.4, 0.5) is 8.78 Å². The molecule has 180 valence electrons. The lowest BCUT2D eigenvalue weighted by Gasteiger charge is -2.21. The van der Waals surface area contributed by atoms with Gasteiger partial charge in [-0.15, -0.1) is 0 Å². The van der Waals surface area contributed by atoms with Crippen LogP contribution in [0.15, 0.2) is 36.4 Å². The molecular weight excluding hydrogens is 414 g/mol. The lowest BCUT2D eigenvalue weighted by atomic mass is 9.84. The van der Waals surface area contributed by atoms with E-state index in [1.165, 1.54) is 69.4 Å². The molecule has 0 N–H and O–H groups in total. The molecule has 2 aliphatic carbocycles. The fraction of sp³-hybridized carbons (Fsp3) is 0.600. The lowest BCUT2D eigenvalue weighted by Crippen LogP contribution is -2.13. The number of aryl methyl sites for hydroxylation is 1. The Morgan fingerprint density at radius 3 is 2.12 bits per heavy atom. The van der Waals surface area contributed by atoms with Gasteiger partial charge in [0, 0.05) is 5.56 Å². The monoisotopic (exact) mass is 454 g/mol. The molecule has 2 saturated carbocycles. The first-order valence-electron chi connectivity index (χ1n) is 13.3. The third-order valence-electron chi connectivity index (χ3n) is 8.26. The molecule has 2 aromatic carbocycles. The number of fused-ring (bicyclic) bond motifs is 1. The quantitative estimate of drug-likeness (QED) is 0.308. The second-order valence-electron chi connectivity index (χ2n) is 10.3. The number of rotatable bonds is 11. The maximum absolute atomic E-state index is 14.6. The molecule has 2 fully saturated rings. The highest BCUT2D eigenvalue weighted by atomic mass is 19.2. The van der Waals surface area contributed by atoms with E-state index in [1.54, 1.807) is 6.07 Å². The molecule has 0 aromatic heterocycles. The van der Waals surface area contributed by atoms with Crippen LogP contribution in [0.1, 0.15) is 83.6 Å². The Hall–Kier alpha value is -1.90. The summed E-state index contributed by atoms with van der Waals surface area (Å²) in [6.45, 7) is 4.62. The zero-order chi connectivity index (χ0) is 23.2. The molecule has 0 bridgehead atoms. The predicted molar refractivity (Wildman–Crippen MR) is 132 cm³/mol. The molecule has 33 heavy (non-hydrogen) atoms. The number of hydrogen-bond donors (Lipinski definition) is 0. The van der Waals surface area contributed by atoms with Gasteiger partial charge in [-0.05, 0) is 91.9 Å². The van der Waals surface area contributed by atoms with Crippen molar-refractivity contribution in [3.8, 4) is 16.9 Å². The molecule has 4 atom stereocenters. The van der Waals surface area contributed by atoms with Crippen LogP contribution in [0.25, 0.3) is 11.1 Å².